The van der Waals surface area contributed by atoms with Crippen molar-refractivity contribution in [3.8, 4) is 0 Å². The molecule has 98 valence electrons. The van der Waals surface area contributed by atoms with Crippen molar-refractivity contribution in [2.24, 2.45) is 0 Å². The highest BCUT2D eigenvalue weighted by Crippen LogP contribution is 2.12. The van der Waals surface area contributed by atoms with E-state index in [1.54, 1.807) is 7.11 Å². The lowest BCUT2D eigenvalue weighted by molar-refractivity contribution is -0.0125. The van der Waals surface area contributed by atoms with Gasteiger partial charge in [0.05, 0.1) is 12.2 Å². The third-order valence-electron chi connectivity index (χ3n) is 2.85. The third-order valence-corrected chi connectivity index (χ3v) is 2.85. The fourth-order valence-electron chi connectivity index (χ4n) is 1.53. The predicted molar refractivity (Wildman–Crippen MR) is 68.9 cm³/mol. The fourth-order valence-corrected chi connectivity index (χ4v) is 1.53. The van der Waals surface area contributed by atoms with Gasteiger partial charge in [0.25, 0.3) is 0 Å². The second kappa shape index (κ2) is 8.97. The molecule has 0 saturated heterocycles. The zero-order valence-electron chi connectivity index (χ0n) is 11.6. The average molecular weight is 231 g/mol. The number of hydrogen-bond donors (Lipinski definition) is 1. The maximum Gasteiger partial charge on any atom is 0.0644 e. The minimum Gasteiger partial charge on any atom is -0.380 e. The first kappa shape index (κ1) is 15.9. The van der Waals surface area contributed by atoms with Gasteiger partial charge < -0.3 is 14.8 Å². The highest BCUT2D eigenvalue weighted by atomic mass is 16.5. The molecule has 0 saturated carbocycles. The van der Waals surface area contributed by atoms with Crippen LogP contribution in [0.3, 0.4) is 0 Å². The zero-order chi connectivity index (χ0) is 12.4. The van der Waals surface area contributed by atoms with Crippen molar-refractivity contribution in [2.75, 3.05) is 26.9 Å². The largest absolute Gasteiger partial charge is 0.380 e. The van der Waals surface area contributed by atoms with Gasteiger partial charge in [0.1, 0.15) is 0 Å². The van der Waals surface area contributed by atoms with Crippen LogP contribution in [0.5, 0.6) is 0 Å². The first-order valence-electron chi connectivity index (χ1n) is 6.42. The Morgan fingerprint density at radius 1 is 1.25 bits per heavy atom. The number of ether oxygens (including phenoxy) is 2. The molecule has 1 unspecified atom stereocenters. The summed E-state index contributed by atoms with van der Waals surface area (Å²) in [6.07, 6.45) is 3.32. The van der Waals surface area contributed by atoms with E-state index in [0.29, 0.717) is 6.04 Å². The third kappa shape index (κ3) is 8.08. The van der Waals surface area contributed by atoms with Crippen LogP contribution in [0.4, 0.5) is 0 Å². The highest BCUT2D eigenvalue weighted by molar-refractivity contribution is 4.68. The van der Waals surface area contributed by atoms with Gasteiger partial charge in [0.15, 0.2) is 0 Å². The van der Waals surface area contributed by atoms with Crippen LogP contribution in [0.1, 0.15) is 47.0 Å². The van der Waals surface area contributed by atoms with Gasteiger partial charge >= 0.3 is 0 Å². The Labute approximate surface area is 101 Å². The average Bonchev–Trinajstić information content (AvgIpc) is 2.25. The van der Waals surface area contributed by atoms with Gasteiger partial charge in [-0.25, -0.2) is 0 Å². The Hall–Kier alpha value is -0.120. The molecule has 0 aliphatic heterocycles. The molecule has 0 aromatic carbocycles. The zero-order valence-corrected chi connectivity index (χ0v) is 11.6. The summed E-state index contributed by atoms with van der Waals surface area (Å²) in [5.74, 6) is 0. The standard InChI is InChI=1S/C13H29NO2/c1-6-8-12(14-7-2)11-16-10-9-13(3,4)15-5/h12,14H,6-11H2,1-5H3. The lowest BCUT2D eigenvalue weighted by Crippen LogP contribution is -2.34. The monoisotopic (exact) mass is 231 g/mol. The number of rotatable bonds is 10. The lowest BCUT2D eigenvalue weighted by atomic mass is 10.1. The van der Waals surface area contributed by atoms with Crippen molar-refractivity contribution < 1.29 is 9.47 Å². The van der Waals surface area contributed by atoms with Gasteiger partial charge in [-0.2, -0.15) is 0 Å². The molecule has 0 fully saturated rings. The Bertz CT molecular complexity index is 154. The van der Waals surface area contributed by atoms with Crippen LogP contribution in [0.25, 0.3) is 0 Å². The van der Waals surface area contributed by atoms with Crippen molar-refractivity contribution in [1.82, 2.24) is 5.32 Å². The molecular weight excluding hydrogens is 202 g/mol. The van der Waals surface area contributed by atoms with Crippen molar-refractivity contribution in [3.63, 3.8) is 0 Å². The number of methoxy groups -OCH3 is 1. The summed E-state index contributed by atoms with van der Waals surface area (Å²) in [5.41, 5.74) is -0.0710. The molecular formula is C13H29NO2. The summed E-state index contributed by atoms with van der Waals surface area (Å²) < 4.78 is 11.0. The van der Waals surface area contributed by atoms with E-state index in [1.807, 2.05) is 0 Å². The molecule has 3 heteroatoms. The Balaban J connectivity index is 3.61. The molecule has 0 radical (unpaired) electrons. The molecule has 1 atom stereocenters. The molecule has 16 heavy (non-hydrogen) atoms. The summed E-state index contributed by atoms with van der Waals surface area (Å²) in [7, 11) is 1.75. The van der Waals surface area contributed by atoms with Crippen molar-refractivity contribution in [1.29, 1.82) is 0 Å². The van der Waals surface area contributed by atoms with E-state index in [2.05, 4.69) is 33.0 Å². The Morgan fingerprint density at radius 3 is 2.44 bits per heavy atom. The normalized spacial score (nSPS) is 14.1. The number of hydrogen-bond acceptors (Lipinski definition) is 3. The minimum absolute atomic E-state index is 0.0710. The van der Waals surface area contributed by atoms with Crippen LogP contribution in [0.2, 0.25) is 0 Å². The van der Waals surface area contributed by atoms with Crippen molar-refractivity contribution >= 4 is 0 Å². The van der Waals surface area contributed by atoms with E-state index >= 15 is 0 Å². The van der Waals surface area contributed by atoms with E-state index in [0.717, 1.165) is 26.2 Å². The van der Waals surface area contributed by atoms with Gasteiger partial charge in [0, 0.05) is 19.8 Å². The molecule has 0 aliphatic carbocycles. The van der Waals surface area contributed by atoms with Crippen LogP contribution in [0, 0.1) is 0 Å². The van der Waals surface area contributed by atoms with Gasteiger partial charge in [-0.05, 0) is 33.2 Å². The maximum atomic E-state index is 5.70. The van der Waals surface area contributed by atoms with Crippen molar-refractivity contribution in [3.05, 3.63) is 0 Å². The Morgan fingerprint density at radius 2 is 1.94 bits per heavy atom. The van der Waals surface area contributed by atoms with E-state index in [9.17, 15) is 0 Å². The SMILES string of the molecule is CCCC(COCCC(C)(C)OC)NCC. The maximum absolute atomic E-state index is 5.70. The quantitative estimate of drug-likeness (QED) is 0.586. The molecule has 3 nitrogen and oxygen atoms in total. The summed E-state index contributed by atoms with van der Waals surface area (Å²) in [6.45, 7) is 11.1. The topological polar surface area (TPSA) is 30.5 Å². The van der Waals surface area contributed by atoms with Crippen LogP contribution in [-0.4, -0.2) is 38.5 Å². The molecule has 0 amide bonds. The van der Waals surface area contributed by atoms with Gasteiger partial charge in [-0.3, -0.25) is 0 Å². The van der Waals surface area contributed by atoms with Crippen molar-refractivity contribution in [2.45, 2.75) is 58.6 Å². The first-order valence-corrected chi connectivity index (χ1v) is 6.42. The van der Waals surface area contributed by atoms with Crippen LogP contribution in [0.15, 0.2) is 0 Å². The second-order valence-electron chi connectivity index (χ2n) is 4.83. The molecule has 0 spiro atoms. The Kier molecular flexibility index (Phi) is 8.90. The lowest BCUT2D eigenvalue weighted by Gasteiger charge is -2.23. The number of likely N-dealkylation sites (N-methyl/N-ethyl adjacent to an activating group) is 1. The van der Waals surface area contributed by atoms with Crippen LogP contribution in [-0.2, 0) is 9.47 Å². The first-order chi connectivity index (χ1) is 7.55. The highest BCUT2D eigenvalue weighted by Gasteiger charge is 2.16. The molecule has 0 heterocycles. The van der Waals surface area contributed by atoms with E-state index in [4.69, 9.17) is 9.47 Å². The molecule has 0 bridgehead atoms. The fraction of sp³-hybridized carbons (Fsp3) is 1.00. The van der Waals surface area contributed by atoms with Crippen LogP contribution >= 0.6 is 0 Å². The molecule has 0 aromatic heterocycles. The molecule has 0 rings (SSSR count). The number of nitrogens with one attached hydrogen (secondary N) is 1. The summed E-state index contributed by atoms with van der Waals surface area (Å²) in [4.78, 5) is 0. The van der Waals surface area contributed by atoms with E-state index < -0.39 is 0 Å². The molecule has 0 aliphatic rings. The summed E-state index contributed by atoms with van der Waals surface area (Å²) in [5, 5.41) is 3.44. The van der Waals surface area contributed by atoms with E-state index in [1.165, 1.54) is 12.8 Å². The van der Waals surface area contributed by atoms with Crippen LogP contribution < -0.4 is 5.32 Å². The molecule has 1 N–H and O–H groups in total. The van der Waals surface area contributed by atoms with E-state index in [-0.39, 0.29) is 5.60 Å². The van der Waals surface area contributed by atoms with Gasteiger partial charge in [-0.15, -0.1) is 0 Å². The summed E-state index contributed by atoms with van der Waals surface area (Å²) >= 11 is 0. The minimum atomic E-state index is -0.0710. The predicted octanol–water partition coefficient (Wildman–Crippen LogP) is 2.60. The smallest absolute Gasteiger partial charge is 0.0644 e. The second-order valence-corrected chi connectivity index (χ2v) is 4.83. The van der Waals surface area contributed by atoms with Gasteiger partial charge in [0.2, 0.25) is 0 Å². The van der Waals surface area contributed by atoms with Gasteiger partial charge in [-0.1, -0.05) is 20.3 Å². The molecule has 0 aromatic rings. The summed E-state index contributed by atoms with van der Waals surface area (Å²) in [6, 6.07) is 0.501.